The molecule has 0 aromatic heterocycles. The number of nitrogens with zero attached hydrogens (tertiary/aromatic N) is 1. The highest BCUT2D eigenvalue weighted by Crippen LogP contribution is 2.52. The van der Waals surface area contributed by atoms with E-state index in [1.807, 2.05) is 54.6 Å². The number of para-hydroxylation sites is 1. The SMILES string of the molecule is CC1(C)C[C@@H]2C[C@@](C)(CN2C(=O)c2ccc(Oc3ccccc3)cc2)C1. The fourth-order valence-corrected chi connectivity index (χ4v) is 5.15. The van der Waals surface area contributed by atoms with E-state index in [-0.39, 0.29) is 11.3 Å². The molecular weight excluding hydrogens is 322 g/mol. The lowest BCUT2D eigenvalue weighted by Crippen LogP contribution is -2.37. The number of carbonyl (C=O) groups is 1. The van der Waals surface area contributed by atoms with Gasteiger partial charge in [0.15, 0.2) is 0 Å². The van der Waals surface area contributed by atoms with E-state index in [1.165, 1.54) is 6.42 Å². The van der Waals surface area contributed by atoms with Crippen LogP contribution in [-0.4, -0.2) is 23.4 Å². The number of hydrogen-bond acceptors (Lipinski definition) is 2. The van der Waals surface area contributed by atoms with E-state index in [2.05, 4.69) is 25.7 Å². The van der Waals surface area contributed by atoms with Crippen LogP contribution < -0.4 is 4.74 Å². The molecule has 26 heavy (non-hydrogen) atoms. The Morgan fingerprint density at radius 1 is 0.962 bits per heavy atom. The van der Waals surface area contributed by atoms with E-state index in [1.54, 1.807) is 0 Å². The van der Waals surface area contributed by atoms with Gasteiger partial charge in [0, 0.05) is 18.2 Å². The lowest BCUT2D eigenvalue weighted by Gasteiger charge is -2.39. The molecule has 0 spiro atoms. The largest absolute Gasteiger partial charge is 0.457 e. The van der Waals surface area contributed by atoms with Crippen molar-refractivity contribution in [2.24, 2.45) is 10.8 Å². The minimum absolute atomic E-state index is 0.155. The molecule has 3 heteroatoms. The van der Waals surface area contributed by atoms with Crippen molar-refractivity contribution < 1.29 is 9.53 Å². The molecule has 4 rings (SSSR count). The Balaban J connectivity index is 1.49. The lowest BCUT2D eigenvalue weighted by atomic mass is 9.65. The molecule has 1 aliphatic heterocycles. The van der Waals surface area contributed by atoms with Crippen molar-refractivity contribution in [3.63, 3.8) is 0 Å². The molecule has 2 aromatic rings. The van der Waals surface area contributed by atoms with Crippen molar-refractivity contribution in [2.45, 2.75) is 46.1 Å². The first-order valence-electron chi connectivity index (χ1n) is 9.48. The first-order chi connectivity index (χ1) is 12.3. The fourth-order valence-electron chi connectivity index (χ4n) is 5.15. The predicted octanol–water partition coefficient (Wildman–Crippen LogP) is 5.52. The van der Waals surface area contributed by atoms with Gasteiger partial charge in [-0.25, -0.2) is 0 Å². The number of ether oxygens (including phenoxy) is 1. The van der Waals surface area contributed by atoms with Crippen molar-refractivity contribution in [1.29, 1.82) is 0 Å². The van der Waals surface area contributed by atoms with E-state index in [0.29, 0.717) is 11.5 Å². The number of carbonyl (C=O) groups excluding carboxylic acids is 1. The third-order valence-corrected chi connectivity index (χ3v) is 5.76. The van der Waals surface area contributed by atoms with Gasteiger partial charge in [-0.05, 0) is 66.5 Å². The van der Waals surface area contributed by atoms with Crippen molar-refractivity contribution in [1.82, 2.24) is 4.90 Å². The first-order valence-corrected chi connectivity index (χ1v) is 9.48. The van der Waals surface area contributed by atoms with Crippen LogP contribution in [0.25, 0.3) is 0 Å². The van der Waals surface area contributed by atoms with Crippen LogP contribution in [0.15, 0.2) is 54.6 Å². The third kappa shape index (κ3) is 3.35. The highest BCUT2D eigenvalue weighted by atomic mass is 16.5. The quantitative estimate of drug-likeness (QED) is 0.730. The lowest BCUT2D eigenvalue weighted by molar-refractivity contribution is 0.0708. The standard InChI is InChI=1S/C23H27NO2/c1-22(2)13-18-14-23(3,15-22)16-24(18)21(25)17-9-11-20(12-10-17)26-19-7-5-4-6-8-19/h4-12,18H,13-16H2,1-3H3/t18-,23-/m1/s1. The normalized spacial score (nSPS) is 26.6. The molecule has 0 N–H and O–H groups in total. The molecular formula is C23H27NO2. The summed E-state index contributed by atoms with van der Waals surface area (Å²) in [6.45, 7) is 7.88. The number of likely N-dealkylation sites (tertiary alicyclic amines) is 1. The summed E-state index contributed by atoms with van der Waals surface area (Å²) in [5, 5.41) is 0. The first kappa shape index (κ1) is 17.1. The van der Waals surface area contributed by atoms with Crippen molar-refractivity contribution >= 4 is 5.91 Å². The highest BCUT2D eigenvalue weighted by Gasteiger charge is 2.50. The summed E-state index contributed by atoms with van der Waals surface area (Å²) in [5.41, 5.74) is 1.33. The number of fused-ring (bicyclic) bond motifs is 2. The van der Waals surface area contributed by atoms with E-state index >= 15 is 0 Å². The van der Waals surface area contributed by atoms with Gasteiger partial charge in [0.2, 0.25) is 0 Å². The molecule has 2 aliphatic rings. The minimum Gasteiger partial charge on any atom is -0.457 e. The maximum atomic E-state index is 13.1. The van der Waals surface area contributed by atoms with E-state index in [0.717, 1.165) is 36.4 Å². The molecule has 1 heterocycles. The predicted molar refractivity (Wildman–Crippen MR) is 104 cm³/mol. The molecule has 0 radical (unpaired) electrons. The molecule has 2 aromatic carbocycles. The maximum absolute atomic E-state index is 13.1. The van der Waals surface area contributed by atoms with Crippen LogP contribution in [0.2, 0.25) is 0 Å². The second-order valence-corrected chi connectivity index (χ2v) is 9.09. The Bertz CT molecular complexity index is 797. The van der Waals surface area contributed by atoms with Crippen LogP contribution >= 0.6 is 0 Å². The Morgan fingerprint density at radius 3 is 2.31 bits per heavy atom. The zero-order valence-electron chi connectivity index (χ0n) is 15.9. The average molecular weight is 349 g/mol. The Hall–Kier alpha value is -2.29. The number of benzene rings is 2. The van der Waals surface area contributed by atoms with Gasteiger partial charge in [0.25, 0.3) is 5.91 Å². The second kappa shape index (κ2) is 6.15. The summed E-state index contributed by atoms with van der Waals surface area (Å²) in [7, 11) is 0. The van der Waals surface area contributed by atoms with Crippen LogP contribution in [0.4, 0.5) is 0 Å². The van der Waals surface area contributed by atoms with Gasteiger partial charge in [0.1, 0.15) is 11.5 Å². The summed E-state index contributed by atoms with van der Waals surface area (Å²) in [6.07, 6.45) is 3.44. The molecule has 1 saturated heterocycles. The summed E-state index contributed by atoms with van der Waals surface area (Å²) in [5.74, 6) is 1.71. The number of amides is 1. The number of hydrogen-bond donors (Lipinski definition) is 0. The van der Waals surface area contributed by atoms with E-state index < -0.39 is 0 Å². The highest BCUT2D eigenvalue weighted by molar-refractivity contribution is 5.94. The van der Waals surface area contributed by atoms with Crippen LogP contribution in [0.1, 0.15) is 50.4 Å². The molecule has 1 amide bonds. The Morgan fingerprint density at radius 2 is 1.62 bits per heavy atom. The zero-order valence-corrected chi connectivity index (χ0v) is 15.9. The van der Waals surface area contributed by atoms with Crippen LogP contribution in [0.5, 0.6) is 11.5 Å². The maximum Gasteiger partial charge on any atom is 0.254 e. The summed E-state index contributed by atoms with van der Waals surface area (Å²) >= 11 is 0. The van der Waals surface area contributed by atoms with Gasteiger partial charge in [-0.1, -0.05) is 39.0 Å². The van der Waals surface area contributed by atoms with Crippen molar-refractivity contribution in [3.8, 4) is 11.5 Å². The van der Waals surface area contributed by atoms with Crippen molar-refractivity contribution in [3.05, 3.63) is 60.2 Å². The molecule has 1 aliphatic carbocycles. The van der Waals surface area contributed by atoms with Crippen LogP contribution in [-0.2, 0) is 0 Å². The van der Waals surface area contributed by atoms with Gasteiger partial charge in [-0.3, -0.25) is 4.79 Å². The summed E-state index contributed by atoms with van der Waals surface area (Å²) < 4.78 is 5.83. The average Bonchev–Trinajstić information content (AvgIpc) is 2.85. The van der Waals surface area contributed by atoms with E-state index in [9.17, 15) is 4.79 Å². The van der Waals surface area contributed by atoms with Gasteiger partial charge in [-0.15, -0.1) is 0 Å². The second-order valence-electron chi connectivity index (χ2n) is 9.09. The van der Waals surface area contributed by atoms with Crippen LogP contribution in [0, 0.1) is 10.8 Å². The molecule has 2 fully saturated rings. The minimum atomic E-state index is 0.155. The van der Waals surface area contributed by atoms with Crippen molar-refractivity contribution in [2.75, 3.05) is 6.54 Å². The zero-order chi connectivity index (χ0) is 18.4. The fraction of sp³-hybridized carbons (Fsp3) is 0.435. The van der Waals surface area contributed by atoms with Gasteiger partial charge >= 0.3 is 0 Å². The summed E-state index contributed by atoms with van der Waals surface area (Å²) in [4.78, 5) is 15.2. The van der Waals surface area contributed by atoms with Crippen LogP contribution in [0.3, 0.4) is 0 Å². The molecule has 2 atom stereocenters. The monoisotopic (exact) mass is 349 g/mol. The Kier molecular flexibility index (Phi) is 4.06. The topological polar surface area (TPSA) is 29.5 Å². The smallest absolute Gasteiger partial charge is 0.254 e. The van der Waals surface area contributed by atoms with Gasteiger partial charge in [0.05, 0.1) is 0 Å². The Labute approximate surface area is 156 Å². The molecule has 0 unspecified atom stereocenters. The van der Waals surface area contributed by atoms with Gasteiger partial charge in [-0.2, -0.15) is 0 Å². The molecule has 1 saturated carbocycles. The molecule has 2 bridgehead atoms. The van der Waals surface area contributed by atoms with Gasteiger partial charge < -0.3 is 9.64 Å². The summed E-state index contributed by atoms with van der Waals surface area (Å²) in [6, 6.07) is 17.6. The molecule has 136 valence electrons. The molecule has 3 nitrogen and oxygen atoms in total. The van der Waals surface area contributed by atoms with E-state index in [4.69, 9.17) is 4.74 Å². The number of rotatable bonds is 3. The third-order valence-electron chi connectivity index (χ3n) is 5.76.